The Bertz CT molecular complexity index is 2340. The predicted molar refractivity (Wildman–Crippen MR) is 274 cm³/mol. The summed E-state index contributed by atoms with van der Waals surface area (Å²) in [6, 6.07) is 0. The van der Waals surface area contributed by atoms with Crippen molar-refractivity contribution in [3.8, 4) is 0 Å². The first-order chi connectivity index (χ1) is 38.0. The number of ether oxygens (including phenoxy) is 15. The van der Waals surface area contributed by atoms with Crippen molar-refractivity contribution in [2.24, 2.45) is 23.7 Å². The molecule has 19 nitrogen and oxygen atoms in total. The zero-order chi connectivity index (χ0) is 54.0. The number of aliphatic hydroxyl groups is 3. The minimum atomic E-state index is -1.02. The second kappa shape index (κ2) is 20.2. The average Bonchev–Trinajstić information content (AvgIpc) is 4.25. The van der Waals surface area contributed by atoms with Crippen LogP contribution in [0.1, 0.15) is 143 Å². The van der Waals surface area contributed by atoms with E-state index in [1.54, 1.807) is 0 Å². The van der Waals surface area contributed by atoms with E-state index in [0.717, 1.165) is 49.7 Å². The van der Waals surface area contributed by atoms with E-state index in [4.69, 9.17) is 71.1 Å². The Kier molecular flexibility index (Phi) is 13.8. The SMILES string of the molecule is C=C1CC2CC[C@@]34C[C@H]5O[C@H]6C(O3)[C@H]3O[C@H](CC[C@@H]3O[C@H]6C5O4)CC(=O)O[C@@H]3[C@@H](C)[C@@H]4O[C@@H]5C[C@@]6(C[C@@H]7OC8(C[C@H](C)[C@@H]9O[C@H]([C@@H](O)C[C@@H](O)CO)C[C@@H]9O8)C[C@H](C)[C@@H]7O6)OC5C[C@@H]4O[C@H]3CC3O[C@@H](CCC1O2)C[C@@H](C)C3=C. The third kappa shape index (κ3) is 9.43. The molecule has 3 spiro atoms. The molecule has 16 aliphatic rings. The summed E-state index contributed by atoms with van der Waals surface area (Å²) >= 11 is 0. The first kappa shape index (κ1) is 54.0. The highest BCUT2D eigenvalue weighted by Gasteiger charge is 2.70. The van der Waals surface area contributed by atoms with Crippen molar-refractivity contribution < 1.29 is 91.2 Å². The van der Waals surface area contributed by atoms with Gasteiger partial charge < -0.3 is 86.4 Å². The van der Waals surface area contributed by atoms with Gasteiger partial charge in [-0.05, 0) is 73.8 Å². The van der Waals surface area contributed by atoms with E-state index >= 15 is 0 Å². The molecule has 16 rings (SSSR count). The second-order valence-electron chi connectivity index (χ2n) is 27.5. The van der Waals surface area contributed by atoms with Gasteiger partial charge in [0, 0.05) is 70.1 Å². The van der Waals surface area contributed by atoms with E-state index in [2.05, 4.69) is 40.9 Å². The van der Waals surface area contributed by atoms with Crippen LogP contribution in [0.4, 0.5) is 0 Å². The summed E-state index contributed by atoms with van der Waals surface area (Å²) in [6.45, 7) is 17.4. The van der Waals surface area contributed by atoms with Crippen molar-refractivity contribution in [3.05, 3.63) is 24.3 Å². The zero-order valence-electron chi connectivity index (χ0n) is 46.5. The molecule has 3 N–H and O–H groups in total. The Hall–Kier alpha value is -1.73. The first-order valence-corrected chi connectivity index (χ1v) is 30.8. The van der Waals surface area contributed by atoms with Gasteiger partial charge in [0.15, 0.2) is 17.4 Å². The average molecular weight is 1110 g/mol. The number of fused-ring (bicyclic) bond motifs is 10. The molecule has 7 unspecified atom stereocenters. The van der Waals surface area contributed by atoms with Crippen LogP contribution in [0.3, 0.4) is 0 Å². The molecule has 0 aromatic carbocycles. The normalized spacial score (nSPS) is 57.2. The molecule has 440 valence electrons. The quantitative estimate of drug-likeness (QED) is 0.251. The minimum Gasteiger partial charge on any atom is -0.459 e. The van der Waals surface area contributed by atoms with Crippen molar-refractivity contribution in [1.82, 2.24) is 0 Å². The van der Waals surface area contributed by atoms with Gasteiger partial charge in [-0.3, -0.25) is 4.79 Å². The van der Waals surface area contributed by atoms with Gasteiger partial charge in [0.1, 0.15) is 36.6 Å². The predicted octanol–water partition coefficient (Wildman–Crippen LogP) is 4.93. The Morgan fingerprint density at radius 1 is 0.506 bits per heavy atom. The highest BCUT2D eigenvalue weighted by atomic mass is 16.8. The van der Waals surface area contributed by atoms with Crippen LogP contribution >= 0.6 is 0 Å². The van der Waals surface area contributed by atoms with Crippen LogP contribution in [0.5, 0.6) is 0 Å². The molecular weight excluding hydrogens is 1020 g/mol. The molecule has 19 heteroatoms. The Labute approximate surface area is 463 Å². The molecule has 0 aromatic heterocycles. The summed E-state index contributed by atoms with van der Waals surface area (Å²) in [4.78, 5) is 14.6. The standard InChI is InChI=1S/C60H86O19/c1-26-13-33-7-9-37-27(2)14-35(65-37)11-12-58-23-46-54(78-58)55-56(72-46)57(79-58)53-38(69-55)10-8-34(67-53)16-48(64)73-52-31(6)51-43(68-42(52)17-39(66-33)30(26)5)19-41-45(71-51)22-60(74-41)24-47-50(77-60)29(4)21-59(76-47)20-28(3)49-44(75-59)18-40(70-49)36(63)15-32(62)25-61/h26,28-29,31-47,49-57,61-63H,2,5,7-25H2,1,3-4,6H3/t26-,28+,29+,31+,32-,33+,34-,35?,36+,37?,38+,39?,40+,41?,42+,43+,44+,45-,46-,47+,49+,50+,51+,52-,53+,54?,55+,56-,57?,58+,59?,60-/m1/s1. The summed E-state index contributed by atoms with van der Waals surface area (Å²) in [7, 11) is 0. The highest BCUT2D eigenvalue weighted by Crippen LogP contribution is 2.58. The molecule has 0 radical (unpaired) electrons. The van der Waals surface area contributed by atoms with Crippen molar-refractivity contribution in [3.63, 3.8) is 0 Å². The number of carbonyl (C=O) groups is 1. The first-order valence-electron chi connectivity index (χ1n) is 30.8. The molecule has 16 saturated heterocycles. The van der Waals surface area contributed by atoms with Gasteiger partial charge in [0.05, 0.1) is 129 Å². The van der Waals surface area contributed by atoms with Crippen LogP contribution in [-0.4, -0.2) is 198 Å². The number of esters is 1. The van der Waals surface area contributed by atoms with E-state index in [9.17, 15) is 20.1 Å². The van der Waals surface area contributed by atoms with Gasteiger partial charge in [-0.1, -0.05) is 40.9 Å². The van der Waals surface area contributed by atoms with Gasteiger partial charge >= 0.3 is 5.97 Å². The van der Waals surface area contributed by atoms with Crippen molar-refractivity contribution in [2.75, 3.05) is 6.61 Å². The summed E-state index contributed by atoms with van der Waals surface area (Å²) < 4.78 is 104. The molecule has 32 atom stereocenters. The van der Waals surface area contributed by atoms with Gasteiger partial charge in [0.2, 0.25) is 0 Å². The molecule has 0 aromatic rings. The number of hydrogen-bond acceptors (Lipinski definition) is 19. The van der Waals surface area contributed by atoms with Gasteiger partial charge in [-0.15, -0.1) is 0 Å². The fourth-order valence-corrected chi connectivity index (χ4v) is 18.2. The van der Waals surface area contributed by atoms with Crippen molar-refractivity contribution >= 4 is 5.97 Å². The highest BCUT2D eigenvalue weighted by molar-refractivity contribution is 5.70. The third-order valence-corrected chi connectivity index (χ3v) is 21.9. The fourth-order valence-electron chi connectivity index (χ4n) is 18.2. The summed E-state index contributed by atoms with van der Waals surface area (Å²) in [5.74, 6) is -2.77. The largest absolute Gasteiger partial charge is 0.459 e. The minimum absolute atomic E-state index is 0.0143. The van der Waals surface area contributed by atoms with Gasteiger partial charge in [0.25, 0.3) is 0 Å². The lowest BCUT2D eigenvalue weighted by atomic mass is 9.79. The van der Waals surface area contributed by atoms with Crippen LogP contribution in [0.2, 0.25) is 0 Å². The van der Waals surface area contributed by atoms with Crippen molar-refractivity contribution in [2.45, 2.75) is 313 Å². The van der Waals surface area contributed by atoms with E-state index < -0.39 is 72.8 Å². The lowest BCUT2D eigenvalue weighted by Crippen LogP contribution is -2.62. The summed E-state index contributed by atoms with van der Waals surface area (Å²) in [6.07, 6.45) is 2.17. The van der Waals surface area contributed by atoms with Crippen LogP contribution in [0.15, 0.2) is 24.3 Å². The van der Waals surface area contributed by atoms with Crippen LogP contribution in [0.25, 0.3) is 0 Å². The van der Waals surface area contributed by atoms with Crippen LogP contribution < -0.4 is 0 Å². The molecule has 16 heterocycles. The third-order valence-electron chi connectivity index (χ3n) is 21.9. The maximum Gasteiger partial charge on any atom is 0.308 e. The van der Waals surface area contributed by atoms with Crippen LogP contribution in [-0.2, 0) is 75.8 Å². The monoisotopic (exact) mass is 1110 g/mol. The maximum absolute atomic E-state index is 14.6. The molecule has 12 bridgehead atoms. The molecule has 79 heavy (non-hydrogen) atoms. The fraction of sp³-hybridized carbons (Fsp3) is 0.917. The molecule has 0 amide bonds. The number of hydrogen-bond donors (Lipinski definition) is 3. The van der Waals surface area contributed by atoms with Gasteiger partial charge in [-0.25, -0.2) is 0 Å². The molecule has 0 aliphatic carbocycles. The van der Waals surface area contributed by atoms with E-state index in [0.29, 0.717) is 64.2 Å². The zero-order valence-corrected chi connectivity index (χ0v) is 46.5. The molecule has 16 aliphatic heterocycles. The smallest absolute Gasteiger partial charge is 0.308 e. The van der Waals surface area contributed by atoms with E-state index in [1.165, 1.54) is 0 Å². The number of aliphatic hydroxyl groups excluding tert-OH is 3. The van der Waals surface area contributed by atoms with Crippen molar-refractivity contribution in [1.29, 1.82) is 0 Å². The van der Waals surface area contributed by atoms with Crippen LogP contribution in [0, 0.1) is 23.7 Å². The Morgan fingerprint density at radius 2 is 1.18 bits per heavy atom. The topological polar surface area (TPSA) is 216 Å². The van der Waals surface area contributed by atoms with E-state index in [1.807, 2.05) is 0 Å². The maximum atomic E-state index is 14.6. The lowest BCUT2D eigenvalue weighted by Gasteiger charge is -2.50. The molecule has 16 fully saturated rings. The number of carbonyl (C=O) groups excluding carboxylic acids is 1. The number of rotatable bonds is 4. The molecular formula is C60H86O19. The Balaban J connectivity index is 0.655. The summed E-state index contributed by atoms with van der Waals surface area (Å²) in [5, 5.41) is 30.3. The Morgan fingerprint density at radius 3 is 2.03 bits per heavy atom. The molecule has 0 saturated carbocycles. The van der Waals surface area contributed by atoms with Gasteiger partial charge in [-0.2, -0.15) is 0 Å². The lowest BCUT2D eigenvalue weighted by molar-refractivity contribution is -0.347. The van der Waals surface area contributed by atoms with E-state index in [-0.39, 0.29) is 146 Å². The second-order valence-corrected chi connectivity index (χ2v) is 27.5. The summed E-state index contributed by atoms with van der Waals surface area (Å²) in [5.41, 5.74) is 2.15.